The Morgan fingerprint density at radius 2 is 2.04 bits per heavy atom. The van der Waals surface area contributed by atoms with Gasteiger partial charge < -0.3 is 9.47 Å². The number of amides is 1. The first-order valence-electron chi connectivity index (χ1n) is 9.10. The van der Waals surface area contributed by atoms with Crippen molar-refractivity contribution in [2.75, 3.05) is 13.1 Å². The number of hydrogen-bond acceptors (Lipinski definition) is 6. The van der Waals surface area contributed by atoms with Gasteiger partial charge in [-0.05, 0) is 26.0 Å². The lowest BCUT2D eigenvalue weighted by Crippen LogP contribution is -2.49. The van der Waals surface area contributed by atoms with Crippen molar-refractivity contribution in [2.45, 2.75) is 39.0 Å². The van der Waals surface area contributed by atoms with E-state index in [0.717, 1.165) is 41.7 Å². The minimum absolute atomic E-state index is 0.114. The molecule has 2 aliphatic rings. The van der Waals surface area contributed by atoms with Crippen LogP contribution in [0.5, 0.6) is 0 Å². The molecule has 0 saturated carbocycles. The van der Waals surface area contributed by atoms with Gasteiger partial charge in [0.15, 0.2) is 0 Å². The van der Waals surface area contributed by atoms with Gasteiger partial charge in [-0.2, -0.15) is 0 Å². The number of nitrogens with zero attached hydrogens (tertiary/aromatic N) is 5. The van der Waals surface area contributed by atoms with Crippen LogP contribution in [0.25, 0.3) is 0 Å². The first kappa shape index (κ1) is 17.1. The van der Waals surface area contributed by atoms with Crippen LogP contribution >= 0.6 is 22.7 Å². The van der Waals surface area contributed by atoms with Crippen molar-refractivity contribution in [3.8, 4) is 0 Å². The number of carbonyl (C=O) groups excluding carboxylic acids is 1. The molecule has 1 saturated heterocycles. The molecule has 27 heavy (non-hydrogen) atoms. The fourth-order valence-corrected chi connectivity index (χ4v) is 5.67. The zero-order chi connectivity index (χ0) is 18.5. The lowest BCUT2D eigenvalue weighted by Gasteiger charge is -2.38. The van der Waals surface area contributed by atoms with E-state index in [0.29, 0.717) is 12.6 Å². The zero-order valence-electron chi connectivity index (χ0n) is 15.3. The number of aromatic nitrogens is 3. The Labute approximate surface area is 166 Å². The molecule has 5 heterocycles. The number of thiazole rings is 2. The minimum Gasteiger partial charge on any atom is -0.337 e. The Balaban J connectivity index is 1.44. The van der Waals surface area contributed by atoms with Crippen molar-refractivity contribution in [1.82, 2.24) is 24.3 Å². The van der Waals surface area contributed by atoms with Gasteiger partial charge >= 0.3 is 0 Å². The molecule has 0 radical (unpaired) electrons. The zero-order valence-corrected chi connectivity index (χ0v) is 17.0. The number of fused-ring (bicyclic) bond motifs is 3. The molecule has 0 bridgehead atoms. The van der Waals surface area contributed by atoms with Crippen molar-refractivity contribution in [3.63, 3.8) is 0 Å². The third-order valence-corrected chi connectivity index (χ3v) is 7.30. The van der Waals surface area contributed by atoms with Gasteiger partial charge in [0.05, 0.1) is 40.5 Å². The van der Waals surface area contributed by atoms with Crippen LogP contribution < -0.4 is 0 Å². The molecule has 0 aliphatic carbocycles. The van der Waals surface area contributed by atoms with Crippen LogP contribution in [-0.4, -0.2) is 49.4 Å². The third-order valence-electron chi connectivity index (χ3n) is 5.56. The second-order valence-corrected chi connectivity index (χ2v) is 9.28. The topological polar surface area (TPSA) is 54.3 Å². The Hall–Kier alpha value is -2.03. The maximum Gasteiger partial charge on any atom is 0.271 e. The Morgan fingerprint density at radius 3 is 2.78 bits per heavy atom. The van der Waals surface area contributed by atoms with E-state index in [9.17, 15) is 4.79 Å². The molecular formula is C19H21N5OS2. The van der Waals surface area contributed by atoms with Gasteiger partial charge in [-0.3, -0.25) is 9.69 Å². The number of likely N-dealkylation sites (tertiary alicyclic amines) is 1. The predicted molar refractivity (Wildman–Crippen MR) is 106 cm³/mol. The highest BCUT2D eigenvalue weighted by atomic mass is 32.1. The van der Waals surface area contributed by atoms with Gasteiger partial charge in [-0.25, -0.2) is 9.97 Å². The molecule has 140 valence electrons. The summed E-state index contributed by atoms with van der Waals surface area (Å²) in [5.74, 6) is 0.114. The summed E-state index contributed by atoms with van der Waals surface area (Å²) in [6, 6.07) is 4.39. The van der Waals surface area contributed by atoms with E-state index in [1.807, 2.05) is 29.5 Å². The molecule has 1 amide bonds. The van der Waals surface area contributed by atoms with Gasteiger partial charge in [0.1, 0.15) is 5.69 Å². The summed E-state index contributed by atoms with van der Waals surface area (Å²) in [4.78, 5) is 27.9. The van der Waals surface area contributed by atoms with Crippen LogP contribution in [0.2, 0.25) is 0 Å². The molecule has 0 spiro atoms. The highest BCUT2D eigenvalue weighted by molar-refractivity contribution is 7.09. The number of carbonyl (C=O) groups is 1. The molecule has 6 nitrogen and oxygen atoms in total. The molecule has 2 atom stereocenters. The number of rotatable bonds is 4. The first-order chi connectivity index (χ1) is 13.1. The van der Waals surface area contributed by atoms with E-state index in [-0.39, 0.29) is 11.9 Å². The fraction of sp³-hybridized carbons (Fsp3) is 0.421. The SMILES string of the molecule is Cc1nc(CN2C(=O)c3cccn3[C@@H]3CN(Cc4scnc4C)C[C@@H]32)cs1. The van der Waals surface area contributed by atoms with Crippen LogP contribution in [0.3, 0.4) is 0 Å². The van der Waals surface area contributed by atoms with E-state index < -0.39 is 0 Å². The van der Waals surface area contributed by atoms with Gasteiger partial charge in [0.25, 0.3) is 5.91 Å². The summed E-state index contributed by atoms with van der Waals surface area (Å²) in [7, 11) is 0. The monoisotopic (exact) mass is 399 g/mol. The maximum atomic E-state index is 13.2. The van der Waals surface area contributed by atoms with Crippen molar-refractivity contribution >= 4 is 28.6 Å². The summed E-state index contributed by atoms with van der Waals surface area (Å²) in [5.41, 5.74) is 4.81. The normalized spacial score (nSPS) is 22.3. The average molecular weight is 400 g/mol. The van der Waals surface area contributed by atoms with E-state index in [2.05, 4.69) is 37.9 Å². The standard InChI is InChI=1S/C19H21N5OS2/c1-12-18(27-11-20-12)9-22-7-16-17(8-22)24(6-14-10-26-13(2)21-14)19(25)15-4-3-5-23(15)16/h3-5,10-11,16-17H,6-9H2,1-2H3/t16-,17+/m1/s1. The van der Waals surface area contributed by atoms with Crippen molar-refractivity contribution in [2.24, 2.45) is 0 Å². The quantitative estimate of drug-likeness (QED) is 0.677. The fourth-order valence-electron chi connectivity index (χ4n) is 4.24. The molecular weight excluding hydrogens is 378 g/mol. The second kappa shape index (κ2) is 6.54. The highest BCUT2D eigenvalue weighted by Crippen LogP contribution is 2.35. The van der Waals surface area contributed by atoms with Crippen LogP contribution in [0, 0.1) is 13.8 Å². The molecule has 8 heteroatoms. The average Bonchev–Trinajstić information content (AvgIpc) is 3.40. The van der Waals surface area contributed by atoms with Gasteiger partial charge in [0.2, 0.25) is 0 Å². The summed E-state index contributed by atoms with van der Waals surface area (Å²) in [6.45, 7) is 7.40. The lowest BCUT2D eigenvalue weighted by molar-refractivity contribution is 0.0554. The number of hydrogen-bond donors (Lipinski definition) is 0. The maximum absolute atomic E-state index is 13.2. The van der Waals surface area contributed by atoms with E-state index in [4.69, 9.17) is 0 Å². The summed E-state index contributed by atoms with van der Waals surface area (Å²) in [6.07, 6.45) is 2.05. The van der Waals surface area contributed by atoms with Crippen LogP contribution in [0.1, 0.15) is 37.8 Å². The van der Waals surface area contributed by atoms with Crippen LogP contribution in [-0.2, 0) is 13.1 Å². The molecule has 1 fully saturated rings. The third kappa shape index (κ3) is 2.92. The van der Waals surface area contributed by atoms with E-state index in [1.165, 1.54) is 4.88 Å². The molecule has 3 aromatic heterocycles. The smallest absolute Gasteiger partial charge is 0.271 e. The van der Waals surface area contributed by atoms with Gasteiger partial charge in [0, 0.05) is 36.1 Å². The van der Waals surface area contributed by atoms with Crippen molar-refractivity contribution in [1.29, 1.82) is 0 Å². The Kier molecular flexibility index (Phi) is 4.14. The molecule has 0 aromatic carbocycles. The van der Waals surface area contributed by atoms with Crippen LogP contribution in [0.4, 0.5) is 0 Å². The second-order valence-electron chi connectivity index (χ2n) is 7.28. The van der Waals surface area contributed by atoms with E-state index >= 15 is 0 Å². The number of aryl methyl sites for hydroxylation is 2. The molecule has 0 unspecified atom stereocenters. The van der Waals surface area contributed by atoms with Gasteiger partial charge in [-0.15, -0.1) is 22.7 Å². The van der Waals surface area contributed by atoms with E-state index in [1.54, 1.807) is 22.7 Å². The predicted octanol–water partition coefficient (Wildman–Crippen LogP) is 3.10. The lowest BCUT2D eigenvalue weighted by atomic mass is 10.1. The molecule has 5 rings (SSSR count). The molecule has 2 aliphatic heterocycles. The highest BCUT2D eigenvalue weighted by Gasteiger charge is 2.45. The largest absolute Gasteiger partial charge is 0.337 e. The summed E-state index contributed by atoms with van der Waals surface area (Å²) >= 11 is 3.36. The molecule has 3 aromatic rings. The van der Waals surface area contributed by atoms with Gasteiger partial charge in [-0.1, -0.05) is 0 Å². The Bertz CT molecular complexity index is 990. The first-order valence-corrected chi connectivity index (χ1v) is 10.9. The van der Waals surface area contributed by atoms with Crippen molar-refractivity contribution < 1.29 is 4.79 Å². The Morgan fingerprint density at radius 1 is 1.19 bits per heavy atom. The summed E-state index contributed by atoms with van der Waals surface area (Å²) in [5, 5.41) is 3.11. The molecule has 0 N–H and O–H groups in total. The van der Waals surface area contributed by atoms with Crippen LogP contribution in [0.15, 0.2) is 29.2 Å². The minimum atomic E-state index is 0.114. The van der Waals surface area contributed by atoms with Crippen molar-refractivity contribution in [3.05, 3.63) is 56.2 Å². The summed E-state index contributed by atoms with van der Waals surface area (Å²) < 4.78 is 2.18.